The molecule has 2 aromatic rings. The van der Waals surface area contributed by atoms with Crippen LogP contribution in [0.5, 0.6) is 0 Å². The summed E-state index contributed by atoms with van der Waals surface area (Å²) in [5.41, 5.74) is 6.82. The van der Waals surface area contributed by atoms with Crippen molar-refractivity contribution in [2.24, 2.45) is 35.3 Å². The SMILES string of the molecule is CC[C@H](C)[C@H](NC(=O)[C@H](C)NC(=O)CNC(=O)[C@@H](NC(=O)[C@H](C)N)C(C)C)C(=O)NCC(=O)N[C@@H](C)C(=O)N[C@@H](CC(C)C)C(=O)N[C@@H](Cc1ccccc1)C(=O)N[C@@H](CC(C)C)C(=O)NCC(=O)N[C@@H](Cc1ccccc1)C(=O)N[C@@H](CC(C)C)C(=O)NCC(=O)N[C@@H](C)C(=O)N[C@@H](C)C(=O)NCC(=O)O. The second-order valence-electron chi connectivity index (χ2n) is 28.1. The lowest BCUT2D eigenvalue weighted by Crippen LogP contribution is -2.59. The van der Waals surface area contributed by atoms with Crippen LogP contribution in [0.25, 0.3) is 0 Å². The zero-order valence-corrected chi connectivity index (χ0v) is 63.8. The summed E-state index contributed by atoms with van der Waals surface area (Å²) in [6, 6.07) is 2.65. The molecule has 0 radical (unpaired) electrons. The van der Waals surface area contributed by atoms with Crippen LogP contribution in [0.3, 0.4) is 0 Å². The predicted molar refractivity (Wildman–Crippen MR) is 393 cm³/mol. The van der Waals surface area contributed by atoms with E-state index in [0.29, 0.717) is 17.5 Å². The summed E-state index contributed by atoms with van der Waals surface area (Å²) < 4.78 is 0. The van der Waals surface area contributed by atoms with E-state index < -0.39 is 212 Å². The molecule has 0 bridgehead atoms. The summed E-state index contributed by atoms with van der Waals surface area (Å²) in [5.74, 6) is -15.2. The van der Waals surface area contributed by atoms with Crippen molar-refractivity contribution < 1.29 is 86.6 Å². The molecule has 0 saturated carbocycles. The summed E-state index contributed by atoms with van der Waals surface area (Å²) >= 11 is 0. The van der Waals surface area contributed by atoms with Gasteiger partial charge in [0.15, 0.2) is 0 Å². The third-order valence-electron chi connectivity index (χ3n) is 16.5. The molecular formula is C72H113N17O18. The van der Waals surface area contributed by atoms with E-state index in [9.17, 15) is 81.5 Å². The molecule has 0 aromatic heterocycles. The molecule has 0 heterocycles. The van der Waals surface area contributed by atoms with Crippen LogP contribution >= 0.6 is 0 Å². The van der Waals surface area contributed by atoms with Gasteiger partial charge in [-0.15, -0.1) is 0 Å². The number of aliphatic carboxylic acids is 1. The molecule has 0 aliphatic carbocycles. The first kappa shape index (κ1) is 92.5. The number of carbonyl (C=O) groups excluding carboxylic acids is 16. The highest BCUT2D eigenvalue weighted by Crippen LogP contribution is 2.14. The minimum atomic E-state index is -1.37. The van der Waals surface area contributed by atoms with Gasteiger partial charge in [0.2, 0.25) is 94.5 Å². The number of amides is 16. The van der Waals surface area contributed by atoms with Crippen molar-refractivity contribution in [3.63, 3.8) is 0 Å². The Kier molecular flexibility index (Phi) is 40.7. The molecule has 0 spiro atoms. The van der Waals surface area contributed by atoms with E-state index in [0.717, 1.165) is 0 Å². The zero-order valence-electron chi connectivity index (χ0n) is 63.8. The lowest BCUT2D eigenvalue weighted by molar-refractivity contribution is -0.138. The lowest BCUT2D eigenvalue weighted by Gasteiger charge is -2.27. The largest absolute Gasteiger partial charge is 0.480 e. The van der Waals surface area contributed by atoms with Crippen LogP contribution in [-0.2, 0) is 94.3 Å². The molecule has 594 valence electrons. The van der Waals surface area contributed by atoms with Gasteiger partial charge in [0.1, 0.15) is 73.0 Å². The van der Waals surface area contributed by atoms with Gasteiger partial charge in [0.05, 0.1) is 32.2 Å². The number of nitrogens with two attached hydrogens (primary N) is 1. The molecule has 2 rings (SSSR count). The second-order valence-corrected chi connectivity index (χ2v) is 28.1. The first-order valence-corrected chi connectivity index (χ1v) is 35.9. The Bertz CT molecular complexity index is 3380. The van der Waals surface area contributed by atoms with E-state index in [2.05, 4.69) is 85.1 Å². The van der Waals surface area contributed by atoms with Crippen molar-refractivity contribution in [3.05, 3.63) is 71.8 Å². The van der Waals surface area contributed by atoms with Gasteiger partial charge < -0.3 is 95.9 Å². The number of benzene rings is 2. The summed E-state index contributed by atoms with van der Waals surface area (Å²) in [6.07, 6.45) is 0.356. The molecule has 35 nitrogen and oxygen atoms in total. The fraction of sp³-hybridized carbons (Fsp3) is 0.597. The van der Waals surface area contributed by atoms with E-state index >= 15 is 0 Å². The number of carboxylic acids is 1. The monoisotopic (exact) mass is 1500 g/mol. The van der Waals surface area contributed by atoms with Crippen LogP contribution in [0.2, 0.25) is 0 Å². The molecule has 35 heteroatoms. The van der Waals surface area contributed by atoms with Crippen molar-refractivity contribution in [1.29, 1.82) is 0 Å². The van der Waals surface area contributed by atoms with Crippen molar-refractivity contribution in [1.82, 2.24) is 85.1 Å². The molecule has 0 fully saturated rings. The van der Waals surface area contributed by atoms with E-state index in [4.69, 9.17) is 10.8 Å². The van der Waals surface area contributed by atoms with Crippen molar-refractivity contribution in [3.8, 4) is 0 Å². The highest BCUT2D eigenvalue weighted by molar-refractivity contribution is 6.00. The quantitative estimate of drug-likeness (QED) is 0.0309. The van der Waals surface area contributed by atoms with Gasteiger partial charge in [-0.3, -0.25) is 81.5 Å². The van der Waals surface area contributed by atoms with Gasteiger partial charge in [-0.1, -0.05) is 136 Å². The molecule has 13 atom stereocenters. The van der Waals surface area contributed by atoms with E-state index in [1.54, 1.807) is 130 Å². The van der Waals surface area contributed by atoms with E-state index in [1.807, 2.05) is 0 Å². The Morgan fingerprint density at radius 1 is 0.318 bits per heavy atom. The van der Waals surface area contributed by atoms with E-state index in [-0.39, 0.29) is 55.8 Å². The zero-order chi connectivity index (χ0) is 80.9. The predicted octanol–water partition coefficient (Wildman–Crippen LogP) is -3.26. The van der Waals surface area contributed by atoms with Gasteiger partial charge in [0, 0.05) is 12.8 Å². The first-order valence-electron chi connectivity index (χ1n) is 35.9. The normalized spacial score (nSPS) is 14.7. The summed E-state index contributed by atoms with van der Waals surface area (Å²) in [4.78, 5) is 225. The number of nitrogens with one attached hydrogen (secondary N) is 16. The minimum absolute atomic E-state index is 0.0383. The van der Waals surface area contributed by atoms with Crippen molar-refractivity contribution >= 4 is 100 Å². The average Bonchev–Trinajstić information content (AvgIpc) is 0.864. The molecule has 2 aromatic carbocycles. The fourth-order valence-corrected chi connectivity index (χ4v) is 10.3. The number of rotatable bonds is 46. The highest BCUT2D eigenvalue weighted by Gasteiger charge is 2.35. The first-order chi connectivity index (χ1) is 50.1. The van der Waals surface area contributed by atoms with Gasteiger partial charge in [-0.05, 0) is 94.6 Å². The number of carboxylic acid groups (broad SMARTS) is 1. The van der Waals surface area contributed by atoms with Gasteiger partial charge in [0.25, 0.3) is 0 Å². The molecular weight excluding hydrogens is 1390 g/mol. The average molecular weight is 1500 g/mol. The van der Waals surface area contributed by atoms with Gasteiger partial charge >= 0.3 is 5.97 Å². The standard InChI is InChI=1S/C72H113N17O18/c1-16-41(10)60(89-65(100)46(15)81-55(91)33-76-71(106)59(40(8)9)88-61(96)42(11)73)72(107)77-34-56(92)80-45(14)64(99)84-51(29-39(6)7)68(103)87-53(31-48-25-21-18-22-26-48)70(105)86-50(28-38(4)5)67(102)75-35-57(93)83-52(30-47-23-19-17-20-24-47)69(104)85-49(27-37(2)3)66(101)74-32-54(90)79-44(13)63(98)82-43(12)62(97)78-36-58(94)95/h17-26,37-46,49-53,59-60H,16,27-36,73H2,1-15H3,(H,74,101)(H,75,102)(H,76,106)(H,77,107)(H,78,97)(H,79,90)(H,80,92)(H,81,91)(H,82,98)(H,83,93)(H,84,99)(H,85,104)(H,86,105)(H,87,103)(H,88,96)(H,89,100)(H,94,95)/t41-,42-,43-,44-,45-,46-,49-,50-,51-,52-,53-,59-,60-/m0/s1. The number of carbonyl (C=O) groups is 17. The maximum absolute atomic E-state index is 14.5. The molecule has 0 saturated heterocycles. The summed E-state index contributed by atoms with van der Waals surface area (Å²) in [6.45, 7) is 21.0. The van der Waals surface area contributed by atoms with Crippen LogP contribution in [0.15, 0.2) is 60.7 Å². The van der Waals surface area contributed by atoms with Gasteiger partial charge in [-0.2, -0.15) is 0 Å². The van der Waals surface area contributed by atoms with E-state index in [1.165, 1.54) is 34.6 Å². The van der Waals surface area contributed by atoms with Crippen LogP contribution < -0.4 is 90.8 Å². The lowest BCUT2D eigenvalue weighted by atomic mass is 9.98. The number of hydrogen-bond donors (Lipinski definition) is 18. The van der Waals surface area contributed by atoms with Crippen molar-refractivity contribution in [2.45, 2.75) is 215 Å². The Labute approximate surface area is 624 Å². The van der Waals surface area contributed by atoms with Crippen molar-refractivity contribution in [2.75, 3.05) is 32.7 Å². The maximum Gasteiger partial charge on any atom is 0.322 e. The third-order valence-corrected chi connectivity index (χ3v) is 16.5. The van der Waals surface area contributed by atoms with Crippen LogP contribution in [0.1, 0.15) is 141 Å². The van der Waals surface area contributed by atoms with Crippen LogP contribution in [-0.4, -0.2) is 211 Å². The minimum Gasteiger partial charge on any atom is -0.480 e. The molecule has 19 N–H and O–H groups in total. The third kappa shape index (κ3) is 35.8. The fourth-order valence-electron chi connectivity index (χ4n) is 10.3. The number of hydrogen-bond acceptors (Lipinski definition) is 18. The summed E-state index contributed by atoms with van der Waals surface area (Å²) in [7, 11) is 0. The van der Waals surface area contributed by atoms with Gasteiger partial charge in [-0.25, -0.2) is 0 Å². The Morgan fingerprint density at radius 2 is 0.617 bits per heavy atom. The Morgan fingerprint density at radius 3 is 0.991 bits per heavy atom. The Balaban J connectivity index is 2.22. The molecule has 0 unspecified atom stereocenters. The highest BCUT2D eigenvalue weighted by atomic mass is 16.4. The summed E-state index contributed by atoms with van der Waals surface area (Å²) in [5, 5.41) is 49.0. The second kappa shape index (κ2) is 47.1. The topological polar surface area (TPSA) is 529 Å². The molecule has 107 heavy (non-hydrogen) atoms. The maximum atomic E-state index is 14.5. The van der Waals surface area contributed by atoms with Crippen LogP contribution in [0, 0.1) is 29.6 Å². The smallest absolute Gasteiger partial charge is 0.322 e. The molecule has 0 aliphatic heterocycles. The Hall–Kier alpha value is -10.6. The van der Waals surface area contributed by atoms with Crippen LogP contribution in [0.4, 0.5) is 0 Å². The molecule has 16 amide bonds. The molecule has 0 aliphatic rings.